The average molecular weight is 329 g/mol. The summed E-state index contributed by atoms with van der Waals surface area (Å²) in [5, 5.41) is 3.28. The number of benzene rings is 2. The van der Waals surface area contributed by atoms with E-state index in [1.165, 1.54) is 13.2 Å². The summed E-state index contributed by atoms with van der Waals surface area (Å²) < 4.78 is 24.0. The van der Waals surface area contributed by atoms with Crippen molar-refractivity contribution in [1.29, 1.82) is 0 Å². The van der Waals surface area contributed by atoms with Crippen molar-refractivity contribution in [2.24, 2.45) is 0 Å². The van der Waals surface area contributed by atoms with Crippen LogP contribution < -0.4 is 10.1 Å². The summed E-state index contributed by atoms with van der Waals surface area (Å²) in [7, 11) is 1.40. The van der Waals surface area contributed by atoms with Crippen molar-refractivity contribution >= 4 is 5.97 Å². The third-order valence-electron chi connectivity index (χ3n) is 4.27. The number of carbonyl (C=O) groups is 1. The molecule has 2 aromatic carbocycles. The summed E-state index contributed by atoms with van der Waals surface area (Å²) in [6.45, 7) is 0.193. The smallest absolute Gasteiger partial charge is 0.322 e. The third kappa shape index (κ3) is 3.74. The molecule has 126 valence electrons. The van der Waals surface area contributed by atoms with Crippen molar-refractivity contribution < 1.29 is 18.7 Å². The first-order valence-electron chi connectivity index (χ1n) is 7.97. The highest BCUT2D eigenvalue weighted by Gasteiger charge is 2.30. The Morgan fingerprint density at radius 2 is 1.92 bits per heavy atom. The van der Waals surface area contributed by atoms with E-state index in [4.69, 9.17) is 9.47 Å². The van der Waals surface area contributed by atoms with Crippen LogP contribution in [0.3, 0.4) is 0 Å². The van der Waals surface area contributed by atoms with E-state index in [1.807, 2.05) is 24.3 Å². The van der Waals surface area contributed by atoms with E-state index in [9.17, 15) is 9.18 Å². The van der Waals surface area contributed by atoms with E-state index >= 15 is 0 Å². The second kappa shape index (κ2) is 7.45. The molecule has 2 atom stereocenters. The predicted molar refractivity (Wildman–Crippen MR) is 88.1 cm³/mol. The van der Waals surface area contributed by atoms with Crippen LogP contribution in [0.4, 0.5) is 4.39 Å². The second-order valence-corrected chi connectivity index (χ2v) is 5.82. The number of ether oxygens (including phenoxy) is 2. The minimum absolute atomic E-state index is 0.134. The van der Waals surface area contributed by atoms with E-state index in [0.717, 1.165) is 18.4 Å². The molecule has 1 aliphatic rings. The lowest BCUT2D eigenvalue weighted by atomic mass is 10.1. The molecule has 1 saturated heterocycles. The molecule has 1 N–H and O–H groups in total. The third-order valence-corrected chi connectivity index (χ3v) is 4.27. The standard InChI is InChI=1S/C19H20FNO3/c1-23-19(22)18-11-10-17(21-18)13-6-8-15(9-7-13)24-12-14-4-2-3-5-16(14)20/h2-9,17-18,21H,10-12H2,1H3/t17?,18-/m0/s1. The molecule has 4 nitrogen and oxygen atoms in total. The molecule has 1 fully saturated rings. The van der Waals surface area contributed by atoms with Crippen molar-refractivity contribution in [3.63, 3.8) is 0 Å². The van der Waals surface area contributed by atoms with Gasteiger partial charge in [0.25, 0.3) is 0 Å². The molecule has 5 heteroatoms. The molecule has 24 heavy (non-hydrogen) atoms. The molecule has 0 saturated carbocycles. The highest BCUT2D eigenvalue weighted by Crippen LogP contribution is 2.28. The number of rotatable bonds is 5. The van der Waals surface area contributed by atoms with Crippen LogP contribution in [0.15, 0.2) is 48.5 Å². The van der Waals surface area contributed by atoms with E-state index in [1.54, 1.807) is 18.2 Å². The molecule has 0 aliphatic carbocycles. The summed E-state index contributed by atoms with van der Waals surface area (Å²) >= 11 is 0. The lowest BCUT2D eigenvalue weighted by Crippen LogP contribution is -2.33. The van der Waals surface area contributed by atoms with Crippen LogP contribution in [0.25, 0.3) is 0 Å². The summed E-state index contributed by atoms with van der Waals surface area (Å²) in [6, 6.07) is 14.1. The quantitative estimate of drug-likeness (QED) is 0.855. The zero-order valence-electron chi connectivity index (χ0n) is 13.5. The van der Waals surface area contributed by atoms with Crippen LogP contribution in [0.5, 0.6) is 5.75 Å². The first-order chi connectivity index (χ1) is 11.7. The molecular weight excluding hydrogens is 309 g/mol. The number of hydrogen-bond donors (Lipinski definition) is 1. The van der Waals surface area contributed by atoms with Crippen molar-refractivity contribution in [3.8, 4) is 5.75 Å². The molecular formula is C19H20FNO3. The maximum atomic E-state index is 13.6. The van der Waals surface area contributed by atoms with Gasteiger partial charge in [0, 0.05) is 11.6 Å². The maximum absolute atomic E-state index is 13.6. The van der Waals surface area contributed by atoms with Gasteiger partial charge in [0.2, 0.25) is 0 Å². The molecule has 0 amide bonds. The monoisotopic (exact) mass is 329 g/mol. The van der Waals surface area contributed by atoms with E-state index in [-0.39, 0.29) is 30.5 Å². The molecule has 1 unspecified atom stereocenters. The Morgan fingerprint density at radius 3 is 2.62 bits per heavy atom. The fraction of sp³-hybridized carbons (Fsp3) is 0.316. The lowest BCUT2D eigenvalue weighted by Gasteiger charge is -2.14. The number of esters is 1. The van der Waals surface area contributed by atoms with Gasteiger partial charge in [-0.25, -0.2) is 4.39 Å². The molecule has 0 radical (unpaired) electrons. The van der Waals surface area contributed by atoms with Crippen molar-refractivity contribution in [2.75, 3.05) is 7.11 Å². The fourth-order valence-corrected chi connectivity index (χ4v) is 2.91. The first-order valence-corrected chi connectivity index (χ1v) is 7.97. The Hall–Kier alpha value is -2.40. The molecule has 0 spiro atoms. The lowest BCUT2D eigenvalue weighted by molar-refractivity contribution is -0.142. The molecule has 3 rings (SSSR count). The van der Waals surface area contributed by atoms with E-state index < -0.39 is 0 Å². The summed E-state index contributed by atoms with van der Waals surface area (Å²) in [5.74, 6) is 0.199. The van der Waals surface area contributed by atoms with Crippen LogP contribution in [-0.4, -0.2) is 19.1 Å². The minimum Gasteiger partial charge on any atom is -0.489 e. The highest BCUT2D eigenvalue weighted by atomic mass is 19.1. The summed E-state index contributed by atoms with van der Waals surface area (Å²) in [6.07, 6.45) is 1.65. The number of carbonyl (C=O) groups excluding carboxylic acids is 1. The zero-order chi connectivity index (χ0) is 16.9. The van der Waals surface area contributed by atoms with Gasteiger partial charge in [0.1, 0.15) is 24.2 Å². The largest absolute Gasteiger partial charge is 0.489 e. The molecule has 1 heterocycles. The number of nitrogens with one attached hydrogen (secondary N) is 1. The van der Waals surface area contributed by atoms with Crippen LogP contribution >= 0.6 is 0 Å². The van der Waals surface area contributed by atoms with Gasteiger partial charge in [-0.15, -0.1) is 0 Å². The van der Waals surface area contributed by atoms with E-state index in [2.05, 4.69) is 5.32 Å². The van der Waals surface area contributed by atoms with Crippen LogP contribution in [-0.2, 0) is 16.1 Å². The zero-order valence-corrected chi connectivity index (χ0v) is 13.5. The van der Waals surface area contributed by atoms with Crippen molar-refractivity contribution in [3.05, 3.63) is 65.5 Å². The van der Waals surface area contributed by atoms with Crippen LogP contribution in [0, 0.1) is 5.82 Å². The highest BCUT2D eigenvalue weighted by molar-refractivity contribution is 5.76. The van der Waals surface area contributed by atoms with Crippen LogP contribution in [0.2, 0.25) is 0 Å². The second-order valence-electron chi connectivity index (χ2n) is 5.82. The van der Waals surface area contributed by atoms with Gasteiger partial charge in [-0.1, -0.05) is 30.3 Å². The molecule has 1 aliphatic heterocycles. The average Bonchev–Trinajstić information content (AvgIpc) is 3.11. The van der Waals surface area contributed by atoms with Gasteiger partial charge in [-0.05, 0) is 36.6 Å². The molecule has 2 aromatic rings. The Kier molecular flexibility index (Phi) is 5.11. The molecule has 0 aromatic heterocycles. The van der Waals surface area contributed by atoms with Gasteiger partial charge in [0.05, 0.1) is 7.11 Å². The summed E-state index contributed by atoms with van der Waals surface area (Å²) in [4.78, 5) is 11.6. The first kappa shape index (κ1) is 16.5. The van der Waals surface area contributed by atoms with Crippen molar-refractivity contribution in [2.45, 2.75) is 31.5 Å². The van der Waals surface area contributed by atoms with Gasteiger partial charge >= 0.3 is 5.97 Å². The normalized spacial score (nSPS) is 19.9. The Morgan fingerprint density at radius 1 is 1.17 bits per heavy atom. The van der Waals surface area contributed by atoms with Crippen molar-refractivity contribution in [1.82, 2.24) is 5.32 Å². The Bertz CT molecular complexity index is 702. The predicted octanol–water partition coefficient (Wildman–Crippen LogP) is 3.37. The van der Waals surface area contributed by atoms with E-state index in [0.29, 0.717) is 11.3 Å². The number of methoxy groups -OCH3 is 1. The SMILES string of the molecule is COC(=O)[C@@H]1CCC(c2ccc(OCc3ccccc3F)cc2)N1. The Labute approximate surface area is 140 Å². The number of halogens is 1. The minimum atomic E-state index is -0.266. The van der Waals surface area contributed by atoms with Gasteiger partial charge in [-0.3, -0.25) is 10.1 Å². The topological polar surface area (TPSA) is 47.6 Å². The number of hydrogen-bond acceptors (Lipinski definition) is 4. The molecule has 0 bridgehead atoms. The fourth-order valence-electron chi connectivity index (χ4n) is 2.91. The Balaban J connectivity index is 1.58. The summed E-state index contributed by atoms with van der Waals surface area (Å²) in [5.41, 5.74) is 1.62. The van der Waals surface area contributed by atoms with Crippen LogP contribution in [0.1, 0.15) is 30.0 Å². The van der Waals surface area contributed by atoms with Gasteiger partial charge in [0.15, 0.2) is 0 Å². The maximum Gasteiger partial charge on any atom is 0.322 e. The van der Waals surface area contributed by atoms with Gasteiger partial charge < -0.3 is 9.47 Å². The van der Waals surface area contributed by atoms with Gasteiger partial charge in [-0.2, -0.15) is 0 Å².